The Morgan fingerprint density at radius 3 is 2.48 bits per heavy atom. The Kier molecular flexibility index (Phi) is 5.76. The molecule has 0 atom stereocenters. The summed E-state index contributed by atoms with van der Waals surface area (Å²) in [6.07, 6.45) is 5.85. The Morgan fingerprint density at radius 1 is 1.09 bits per heavy atom. The summed E-state index contributed by atoms with van der Waals surface area (Å²) in [6.45, 7) is 4.13. The standard InChI is InChI=1S/C25H25N5O2S/c1-16-14-22(17(2)29(16)19-4-5-19)23(31)15-33-25-28-27-24(18-10-12-26-13-11-18)30(25)20-6-8-21(32-3)9-7-20/h6-14,19H,4-5,15H2,1-3H3. The molecule has 8 heteroatoms. The predicted molar refractivity (Wildman–Crippen MR) is 128 cm³/mol. The maximum absolute atomic E-state index is 13.1. The van der Waals surface area contributed by atoms with Gasteiger partial charge in [-0.3, -0.25) is 14.3 Å². The maximum atomic E-state index is 13.1. The fraction of sp³-hybridized carbons (Fsp3) is 0.280. The molecule has 0 radical (unpaired) electrons. The molecule has 7 nitrogen and oxygen atoms in total. The Balaban J connectivity index is 1.45. The summed E-state index contributed by atoms with van der Waals surface area (Å²) in [5, 5.41) is 9.53. The molecule has 0 amide bonds. The summed E-state index contributed by atoms with van der Waals surface area (Å²) in [5.74, 6) is 1.87. The van der Waals surface area contributed by atoms with Crippen LogP contribution in [0.3, 0.4) is 0 Å². The van der Waals surface area contributed by atoms with Gasteiger partial charge in [0.1, 0.15) is 5.75 Å². The summed E-state index contributed by atoms with van der Waals surface area (Å²) in [4.78, 5) is 17.2. The lowest BCUT2D eigenvalue weighted by molar-refractivity contribution is 0.102. The van der Waals surface area contributed by atoms with Crippen LogP contribution >= 0.6 is 11.8 Å². The van der Waals surface area contributed by atoms with E-state index in [1.54, 1.807) is 19.5 Å². The van der Waals surface area contributed by atoms with E-state index in [4.69, 9.17) is 4.74 Å². The normalized spacial score (nSPS) is 13.3. The molecule has 0 N–H and O–H groups in total. The van der Waals surface area contributed by atoms with E-state index < -0.39 is 0 Å². The number of nitrogens with zero attached hydrogens (tertiary/aromatic N) is 5. The van der Waals surface area contributed by atoms with Crippen molar-refractivity contribution in [2.45, 2.75) is 37.9 Å². The van der Waals surface area contributed by atoms with Crippen molar-refractivity contribution < 1.29 is 9.53 Å². The zero-order valence-electron chi connectivity index (χ0n) is 18.9. The first kappa shape index (κ1) is 21.5. The Bertz CT molecular complexity index is 1290. The predicted octanol–water partition coefficient (Wildman–Crippen LogP) is 5.07. The number of aromatic nitrogens is 5. The number of hydrogen-bond donors (Lipinski definition) is 0. The second kappa shape index (κ2) is 8.86. The molecular formula is C25H25N5O2S. The van der Waals surface area contributed by atoms with Crippen molar-refractivity contribution in [3.63, 3.8) is 0 Å². The van der Waals surface area contributed by atoms with Crippen molar-refractivity contribution in [3.8, 4) is 22.8 Å². The van der Waals surface area contributed by atoms with E-state index >= 15 is 0 Å². The molecule has 1 aliphatic rings. The molecule has 4 aromatic rings. The van der Waals surface area contributed by atoms with E-state index in [1.807, 2.05) is 54.0 Å². The van der Waals surface area contributed by atoms with E-state index in [1.165, 1.54) is 24.6 Å². The number of carbonyl (C=O) groups is 1. The van der Waals surface area contributed by atoms with Crippen LogP contribution in [0.1, 0.15) is 40.6 Å². The number of ether oxygens (including phenoxy) is 1. The number of rotatable bonds is 8. The number of pyridine rings is 1. The highest BCUT2D eigenvalue weighted by Gasteiger charge is 2.28. The fourth-order valence-corrected chi connectivity index (χ4v) is 5.01. The number of Topliss-reactive ketones (excluding diaryl/α,β-unsaturated/α-hetero) is 1. The van der Waals surface area contributed by atoms with Gasteiger partial charge in [0.2, 0.25) is 0 Å². The largest absolute Gasteiger partial charge is 0.497 e. The van der Waals surface area contributed by atoms with E-state index in [-0.39, 0.29) is 5.78 Å². The van der Waals surface area contributed by atoms with Gasteiger partial charge in [0, 0.05) is 46.6 Å². The van der Waals surface area contributed by atoms with Crippen molar-refractivity contribution in [3.05, 3.63) is 71.8 Å². The molecule has 3 aromatic heterocycles. The molecule has 0 unspecified atom stereocenters. The molecular weight excluding hydrogens is 434 g/mol. The summed E-state index contributed by atoms with van der Waals surface area (Å²) in [7, 11) is 1.64. The first-order valence-corrected chi connectivity index (χ1v) is 11.9. The van der Waals surface area contributed by atoms with Gasteiger partial charge >= 0.3 is 0 Å². The van der Waals surface area contributed by atoms with Gasteiger partial charge in [-0.1, -0.05) is 11.8 Å². The van der Waals surface area contributed by atoms with Crippen molar-refractivity contribution in [1.29, 1.82) is 0 Å². The lowest BCUT2D eigenvalue weighted by Gasteiger charge is -2.11. The van der Waals surface area contributed by atoms with E-state index in [9.17, 15) is 4.79 Å². The van der Waals surface area contributed by atoms with Gasteiger partial charge in [0.25, 0.3) is 0 Å². The van der Waals surface area contributed by atoms with Gasteiger partial charge in [-0.05, 0) is 69.2 Å². The van der Waals surface area contributed by atoms with Gasteiger partial charge in [-0.15, -0.1) is 10.2 Å². The number of benzene rings is 1. The zero-order chi connectivity index (χ0) is 22.9. The molecule has 0 spiro atoms. The topological polar surface area (TPSA) is 74.8 Å². The van der Waals surface area contributed by atoms with Crippen LogP contribution in [0.25, 0.3) is 17.1 Å². The molecule has 168 valence electrons. The molecule has 1 aliphatic carbocycles. The number of thioether (sulfide) groups is 1. The molecule has 1 aromatic carbocycles. The number of ketones is 1. The van der Waals surface area contributed by atoms with Crippen molar-refractivity contribution >= 4 is 17.5 Å². The van der Waals surface area contributed by atoms with Crippen molar-refractivity contribution in [1.82, 2.24) is 24.3 Å². The molecule has 0 aliphatic heterocycles. The lowest BCUT2D eigenvalue weighted by Crippen LogP contribution is -2.07. The molecule has 1 fully saturated rings. The van der Waals surface area contributed by atoms with E-state index in [0.717, 1.165) is 34.0 Å². The number of hydrogen-bond acceptors (Lipinski definition) is 6. The third kappa shape index (κ3) is 4.18. The smallest absolute Gasteiger partial charge is 0.196 e. The first-order valence-electron chi connectivity index (χ1n) is 10.9. The molecule has 0 bridgehead atoms. The molecule has 1 saturated carbocycles. The highest BCUT2D eigenvalue weighted by molar-refractivity contribution is 7.99. The number of methoxy groups -OCH3 is 1. The van der Waals surface area contributed by atoms with Gasteiger partial charge in [-0.25, -0.2) is 0 Å². The van der Waals surface area contributed by atoms with E-state index in [2.05, 4.69) is 26.7 Å². The van der Waals surface area contributed by atoms with Gasteiger partial charge in [-0.2, -0.15) is 0 Å². The van der Waals surface area contributed by atoms with Crippen LogP contribution in [-0.2, 0) is 0 Å². The summed E-state index contributed by atoms with van der Waals surface area (Å²) in [5.41, 5.74) is 4.82. The third-order valence-corrected chi connectivity index (χ3v) is 6.86. The quantitative estimate of drug-likeness (QED) is 0.271. The highest BCUT2D eigenvalue weighted by Crippen LogP contribution is 2.38. The van der Waals surface area contributed by atoms with E-state index in [0.29, 0.717) is 22.8 Å². The van der Waals surface area contributed by atoms with Crippen LogP contribution in [0.2, 0.25) is 0 Å². The Hall–Kier alpha value is -3.39. The van der Waals surface area contributed by atoms with Crippen LogP contribution in [0.5, 0.6) is 5.75 Å². The molecule has 5 rings (SSSR count). The van der Waals surface area contributed by atoms with Crippen LogP contribution in [0.4, 0.5) is 0 Å². The Morgan fingerprint density at radius 2 is 1.82 bits per heavy atom. The SMILES string of the molecule is COc1ccc(-n2c(SCC(=O)c3cc(C)n(C4CC4)c3C)nnc2-c2ccncc2)cc1. The van der Waals surface area contributed by atoms with Crippen LogP contribution < -0.4 is 4.74 Å². The van der Waals surface area contributed by atoms with Gasteiger partial charge in [0.15, 0.2) is 16.8 Å². The maximum Gasteiger partial charge on any atom is 0.196 e. The lowest BCUT2D eigenvalue weighted by atomic mass is 10.2. The van der Waals surface area contributed by atoms with Crippen molar-refractivity contribution in [2.75, 3.05) is 12.9 Å². The second-order valence-electron chi connectivity index (χ2n) is 8.17. The summed E-state index contributed by atoms with van der Waals surface area (Å²) >= 11 is 1.40. The second-order valence-corrected chi connectivity index (χ2v) is 9.12. The number of carbonyl (C=O) groups excluding carboxylic acids is 1. The van der Waals surface area contributed by atoms with Gasteiger partial charge in [0.05, 0.1) is 12.9 Å². The highest BCUT2D eigenvalue weighted by atomic mass is 32.2. The molecule has 0 saturated heterocycles. The monoisotopic (exact) mass is 459 g/mol. The van der Waals surface area contributed by atoms with Crippen molar-refractivity contribution in [2.24, 2.45) is 0 Å². The average Bonchev–Trinajstić information content (AvgIpc) is 3.51. The minimum Gasteiger partial charge on any atom is -0.497 e. The van der Waals surface area contributed by atoms with Crippen LogP contribution in [0, 0.1) is 13.8 Å². The van der Waals surface area contributed by atoms with Crippen LogP contribution in [-0.4, -0.2) is 43.0 Å². The van der Waals surface area contributed by atoms with Crippen LogP contribution in [0.15, 0.2) is 60.0 Å². The fourth-order valence-electron chi connectivity index (χ4n) is 4.18. The minimum atomic E-state index is 0.106. The molecule has 33 heavy (non-hydrogen) atoms. The van der Waals surface area contributed by atoms with Gasteiger partial charge < -0.3 is 9.30 Å². The average molecular weight is 460 g/mol. The number of aryl methyl sites for hydroxylation is 1. The molecule has 3 heterocycles. The third-order valence-electron chi connectivity index (χ3n) is 5.93. The summed E-state index contributed by atoms with van der Waals surface area (Å²) in [6, 6.07) is 14.1. The Labute approximate surface area is 196 Å². The first-order chi connectivity index (χ1) is 16.1. The minimum absolute atomic E-state index is 0.106. The summed E-state index contributed by atoms with van der Waals surface area (Å²) < 4.78 is 9.58. The zero-order valence-corrected chi connectivity index (χ0v) is 19.7.